The molecule has 3 rings (SSSR count). The number of anilines is 1. The van der Waals surface area contributed by atoms with Crippen molar-refractivity contribution < 1.29 is 0 Å². The van der Waals surface area contributed by atoms with Crippen molar-refractivity contribution in [3.8, 4) is 0 Å². The molecule has 0 aliphatic carbocycles. The van der Waals surface area contributed by atoms with Gasteiger partial charge in [-0.15, -0.1) is 0 Å². The van der Waals surface area contributed by atoms with Crippen molar-refractivity contribution in [3.63, 3.8) is 0 Å². The zero-order valence-corrected chi connectivity index (χ0v) is 12.8. The fraction of sp³-hybridized carbons (Fsp3) is 0. The van der Waals surface area contributed by atoms with Gasteiger partial charge < -0.3 is 5.73 Å². The van der Waals surface area contributed by atoms with Crippen LogP contribution in [0.15, 0.2) is 78.9 Å². The zero-order valence-electron chi connectivity index (χ0n) is 12.0. The van der Waals surface area contributed by atoms with Gasteiger partial charge in [-0.1, -0.05) is 78.3 Å². The Labute approximate surface area is 135 Å². The van der Waals surface area contributed by atoms with Crippen molar-refractivity contribution in [2.24, 2.45) is 0 Å². The van der Waals surface area contributed by atoms with E-state index in [1.165, 1.54) is 0 Å². The first-order valence-corrected chi connectivity index (χ1v) is 7.49. The van der Waals surface area contributed by atoms with E-state index in [0.29, 0.717) is 10.7 Å². The molecule has 0 radical (unpaired) electrons. The third-order valence-electron chi connectivity index (χ3n) is 3.50. The molecule has 0 fully saturated rings. The lowest BCUT2D eigenvalue weighted by Gasteiger charge is -2.12. The Kier molecular flexibility index (Phi) is 4.27. The maximum atomic E-state index is 6.19. The second-order valence-corrected chi connectivity index (χ2v) is 5.50. The van der Waals surface area contributed by atoms with Crippen LogP contribution in [0.3, 0.4) is 0 Å². The van der Waals surface area contributed by atoms with Gasteiger partial charge in [0.2, 0.25) is 0 Å². The highest BCUT2D eigenvalue weighted by atomic mass is 35.5. The van der Waals surface area contributed by atoms with Gasteiger partial charge in [-0.2, -0.15) is 0 Å². The molecule has 22 heavy (non-hydrogen) atoms. The monoisotopic (exact) mass is 305 g/mol. The smallest absolute Gasteiger partial charge is 0.0426 e. The van der Waals surface area contributed by atoms with Gasteiger partial charge in [-0.25, -0.2) is 0 Å². The predicted molar refractivity (Wildman–Crippen MR) is 95.7 cm³/mol. The quantitative estimate of drug-likeness (QED) is 0.501. The fourth-order valence-corrected chi connectivity index (χ4v) is 2.61. The number of benzene rings is 3. The summed E-state index contributed by atoms with van der Waals surface area (Å²) in [6, 6.07) is 26.1. The Morgan fingerprint density at radius 3 is 2.09 bits per heavy atom. The minimum Gasteiger partial charge on any atom is -0.398 e. The molecule has 3 aromatic carbocycles. The van der Waals surface area contributed by atoms with E-state index in [0.717, 1.165) is 22.3 Å². The predicted octanol–water partition coefficient (Wildman–Crippen LogP) is 5.51. The van der Waals surface area contributed by atoms with Crippen LogP contribution in [0.2, 0.25) is 5.02 Å². The summed E-state index contributed by atoms with van der Waals surface area (Å²) in [6.45, 7) is 0. The minimum absolute atomic E-state index is 0.647. The first kappa shape index (κ1) is 14.4. The molecule has 0 saturated carbocycles. The van der Waals surface area contributed by atoms with Gasteiger partial charge in [0.1, 0.15) is 0 Å². The molecule has 0 heterocycles. The van der Waals surface area contributed by atoms with Crippen molar-refractivity contribution >= 4 is 28.9 Å². The van der Waals surface area contributed by atoms with Crippen LogP contribution < -0.4 is 5.73 Å². The molecule has 0 aromatic heterocycles. The molecule has 0 saturated heterocycles. The summed E-state index contributed by atoms with van der Waals surface area (Å²) in [7, 11) is 0. The average Bonchev–Trinajstić information content (AvgIpc) is 2.55. The van der Waals surface area contributed by atoms with Crippen LogP contribution in [0.25, 0.3) is 11.6 Å². The molecule has 3 aromatic rings. The van der Waals surface area contributed by atoms with E-state index in [1.807, 2.05) is 48.5 Å². The first-order valence-electron chi connectivity index (χ1n) is 7.11. The number of nitrogen functional groups attached to an aromatic ring is 1. The third kappa shape index (κ3) is 3.21. The van der Waals surface area contributed by atoms with E-state index in [-0.39, 0.29) is 0 Å². The van der Waals surface area contributed by atoms with Gasteiger partial charge in [-0.3, -0.25) is 0 Å². The summed E-state index contributed by atoms with van der Waals surface area (Å²) in [5.41, 5.74) is 11.2. The Bertz CT molecular complexity index is 792. The molecular weight excluding hydrogens is 290 g/mol. The molecule has 0 atom stereocenters. The molecule has 0 bridgehead atoms. The second kappa shape index (κ2) is 6.50. The molecule has 108 valence electrons. The maximum Gasteiger partial charge on any atom is 0.0426 e. The van der Waals surface area contributed by atoms with E-state index in [2.05, 4.69) is 30.3 Å². The molecule has 1 nitrogen and oxygen atoms in total. The molecule has 0 spiro atoms. The largest absolute Gasteiger partial charge is 0.398 e. The zero-order chi connectivity index (χ0) is 15.4. The summed E-state index contributed by atoms with van der Waals surface area (Å²) < 4.78 is 0. The molecule has 0 aliphatic rings. The van der Waals surface area contributed by atoms with Crippen molar-refractivity contribution in [1.29, 1.82) is 0 Å². The fourth-order valence-electron chi connectivity index (χ4n) is 2.43. The van der Waals surface area contributed by atoms with Crippen molar-refractivity contribution in [2.45, 2.75) is 0 Å². The highest BCUT2D eigenvalue weighted by Crippen LogP contribution is 2.31. The third-order valence-corrected chi connectivity index (χ3v) is 3.73. The summed E-state index contributed by atoms with van der Waals surface area (Å²) >= 11 is 6.03. The normalized spacial score (nSPS) is 11.4. The van der Waals surface area contributed by atoms with E-state index < -0.39 is 0 Å². The molecule has 2 N–H and O–H groups in total. The molecule has 0 amide bonds. The summed E-state index contributed by atoms with van der Waals surface area (Å²) in [6.07, 6.45) is 2.15. The Morgan fingerprint density at radius 2 is 1.45 bits per heavy atom. The van der Waals surface area contributed by atoms with Crippen LogP contribution in [0.5, 0.6) is 0 Å². The van der Waals surface area contributed by atoms with Gasteiger partial charge in [0.25, 0.3) is 0 Å². The lowest BCUT2D eigenvalue weighted by atomic mass is 9.94. The second-order valence-electron chi connectivity index (χ2n) is 5.07. The number of hydrogen-bond acceptors (Lipinski definition) is 1. The molecular formula is C20H16ClN. The van der Waals surface area contributed by atoms with Crippen molar-refractivity contribution in [1.82, 2.24) is 0 Å². The van der Waals surface area contributed by atoms with E-state index in [1.54, 1.807) is 6.07 Å². The maximum absolute atomic E-state index is 6.19. The molecule has 0 unspecified atom stereocenters. The van der Waals surface area contributed by atoms with Crippen molar-refractivity contribution in [3.05, 3.63) is 101 Å². The van der Waals surface area contributed by atoms with Gasteiger partial charge in [0, 0.05) is 16.3 Å². The van der Waals surface area contributed by atoms with Crippen molar-refractivity contribution in [2.75, 3.05) is 5.73 Å². The Balaban J connectivity index is 2.17. The highest BCUT2D eigenvalue weighted by Gasteiger charge is 2.09. The van der Waals surface area contributed by atoms with Crippen LogP contribution in [0.4, 0.5) is 5.69 Å². The summed E-state index contributed by atoms with van der Waals surface area (Å²) in [5.74, 6) is 0. The number of nitrogens with two attached hydrogens (primary N) is 1. The highest BCUT2D eigenvalue weighted by molar-refractivity contribution is 6.31. The van der Waals surface area contributed by atoms with Crippen LogP contribution in [-0.2, 0) is 0 Å². The number of halogens is 1. The van der Waals surface area contributed by atoms with Crippen LogP contribution in [-0.4, -0.2) is 0 Å². The number of hydrogen-bond donors (Lipinski definition) is 1. The molecule has 0 aliphatic heterocycles. The first-order chi connectivity index (χ1) is 10.7. The topological polar surface area (TPSA) is 26.0 Å². The van der Waals surface area contributed by atoms with E-state index in [9.17, 15) is 0 Å². The minimum atomic E-state index is 0.647. The number of rotatable bonds is 3. The van der Waals surface area contributed by atoms with Gasteiger partial charge in [-0.05, 0) is 34.9 Å². The summed E-state index contributed by atoms with van der Waals surface area (Å²) in [5, 5.41) is 0.647. The SMILES string of the molecule is Nc1cc(Cl)ccc1/C(=C/c1ccccc1)c1ccccc1. The Hall–Kier alpha value is -2.51. The van der Waals surface area contributed by atoms with Crippen LogP contribution in [0.1, 0.15) is 16.7 Å². The van der Waals surface area contributed by atoms with Crippen LogP contribution in [0, 0.1) is 0 Å². The standard InChI is InChI=1S/C20H16ClN/c21-17-11-12-18(20(22)14-17)19(16-9-5-2-6-10-16)13-15-7-3-1-4-8-15/h1-14H,22H2/b19-13+. The Morgan fingerprint density at radius 1 is 0.818 bits per heavy atom. The van der Waals surface area contributed by atoms with E-state index in [4.69, 9.17) is 17.3 Å². The average molecular weight is 306 g/mol. The van der Waals surface area contributed by atoms with E-state index >= 15 is 0 Å². The lowest BCUT2D eigenvalue weighted by molar-refractivity contribution is 1.55. The summed E-state index contributed by atoms with van der Waals surface area (Å²) in [4.78, 5) is 0. The van der Waals surface area contributed by atoms with Gasteiger partial charge in [0.15, 0.2) is 0 Å². The van der Waals surface area contributed by atoms with Gasteiger partial charge >= 0.3 is 0 Å². The van der Waals surface area contributed by atoms with Crippen LogP contribution >= 0.6 is 11.6 Å². The lowest BCUT2D eigenvalue weighted by Crippen LogP contribution is -1.95. The molecule has 2 heteroatoms. The van der Waals surface area contributed by atoms with Gasteiger partial charge in [0.05, 0.1) is 0 Å².